The summed E-state index contributed by atoms with van der Waals surface area (Å²) in [5.74, 6) is -4.23. The maximum Gasteiger partial charge on any atom is 0.290 e. The smallest absolute Gasteiger partial charge is 0.290 e. The number of piperidine rings is 1. The normalized spacial score (nSPS) is 16.8. The number of H-pyrrole nitrogens is 1. The van der Waals surface area contributed by atoms with Gasteiger partial charge in [-0.3, -0.25) is 24.0 Å². The van der Waals surface area contributed by atoms with E-state index in [2.05, 4.69) is 26.3 Å². The lowest BCUT2D eigenvalue weighted by Crippen LogP contribution is -2.54. The number of ketones is 1. The van der Waals surface area contributed by atoms with Crippen LogP contribution in [0.3, 0.4) is 0 Å². The Morgan fingerprint density at radius 1 is 1.17 bits per heavy atom. The number of halogens is 1. The quantitative estimate of drug-likeness (QED) is 0.351. The van der Waals surface area contributed by atoms with Crippen LogP contribution in [0.2, 0.25) is 0 Å². The second-order valence-electron chi connectivity index (χ2n) is 9.65. The van der Waals surface area contributed by atoms with Gasteiger partial charge in [0.1, 0.15) is 11.5 Å². The van der Waals surface area contributed by atoms with Crippen molar-refractivity contribution >= 4 is 40.3 Å². The van der Waals surface area contributed by atoms with Gasteiger partial charge >= 0.3 is 0 Å². The third kappa shape index (κ3) is 7.11. The molecule has 1 aromatic heterocycles. The zero-order valence-electron chi connectivity index (χ0n) is 19.9. The number of nitrogens with one attached hydrogen (secondary N) is 5. The number of carbonyl (C=O) groups excluding carboxylic acids is 5. The lowest BCUT2D eigenvalue weighted by Gasteiger charge is -2.27. The first-order valence-electron chi connectivity index (χ1n) is 11.4. The van der Waals surface area contributed by atoms with Gasteiger partial charge in [-0.1, -0.05) is 0 Å². The molecular formula is C24H30FN5O5. The Bertz CT molecular complexity index is 1150. The number of fused-ring (bicyclic) bond motifs is 1. The first-order chi connectivity index (χ1) is 16.4. The van der Waals surface area contributed by atoms with Crippen LogP contribution in [-0.2, 0) is 19.2 Å². The van der Waals surface area contributed by atoms with E-state index in [4.69, 9.17) is 0 Å². The zero-order chi connectivity index (χ0) is 25.8. The van der Waals surface area contributed by atoms with Gasteiger partial charge < -0.3 is 26.3 Å². The summed E-state index contributed by atoms with van der Waals surface area (Å²) in [6, 6.07) is 4.25. The van der Waals surface area contributed by atoms with Crippen molar-refractivity contribution in [1.29, 1.82) is 0 Å². The third-order valence-electron chi connectivity index (χ3n) is 5.52. The van der Waals surface area contributed by atoms with Crippen molar-refractivity contribution in [2.24, 2.45) is 5.92 Å². The number of aromatic nitrogens is 1. The van der Waals surface area contributed by atoms with Crippen LogP contribution in [0.15, 0.2) is 24.3 Å². The summed E-state index contributed by atoms with van der Waals surface area (Å²) in [6.07, 6.45) is 1.23. The summed E-state index contributed by atoms with van der Waals surface area (Å²) in [6.45, 7) is 5.22. The average molecular weight is 488 g/mol. The number of aromatic amines is 1. The molecule has 35 heavy (non-hydrogen) atoms. The lowest BCUT2D eigenvalue weighted by atomic mass is 9.89. The largest absolute Gasteiger partial charge is 0.356 e. The monoisotopic (exact) mass is 487 g/mol. The summed E-state index contributed by atoms with van der Waals surface area (Å²) in [7, 11) is 0. The SMILES string of the molecule is CC(C)(C)NC(=O)C(=O)C(CC1CCCNC1=O)NC(=O)CNC(=O)c1cc2cc(F)ccc2[nH]1. The molecule has 5 N–H and O–H groups in total. The molecular weight excluding hydrogens is 457 g/mol. The Morgan fingerprint density at radius 3 is 2.60 bits per heavy atom. The molecule has 2 heterocycles. The highest BCUT2D eigenvalue weighted by Gasteiger charge is 2.34. The summed E-state index contributed by atoms with van der Waals surface area (Å²) in [4.78, 5) is 65.3. The van der Waals surface area contributed by atoms with Crippen molar-refractivity contribution in [3.63, 3.8) is 0 Å². The first-order valence-corrected chi connectivity index (χ1v) is 11.4. The van der Waals surface area contributed by atoms with Gasteiger partial charge in [0.05, 0.1) is 12.6 Å². The van der Waals surface area contributed by atoms with Crippen LogP contribution in [0.1, 0.15) is 50.5 Å². The van der Waals surface area contributed by atoms with Crippen LogP contribution < -0.4 is 21.3 Å². The van der Waals surface area contributed by atoms with E-state index >= 15 is 0 Å². The van der Waals surface area contributed by atoms with Crippen LogP contribution >= 0.6 is 0 Å². The summed E-state index contributed by atoms with van der Waals surface area (Å²) >= 11 is 0. The molecule has 0 spiro atoms. The molecule has 4 amide bonds. The number of hydrogen-bond acceptors (Lipinski definition) is 5. The van der Waals surface area contributed by atoms with E-state index in [9.17, 15) is 28.4 Å². The Balaban J connectivity index is 1.64. The zero-order valence-corrected chi connectivity index (χ0v) is 19.9. The molecule has 188 valence electrons. The Labute approximate surface area is 201 Å². The molecule has 1 aliphatic rings. The molecule has 2 unspecified atom stereocenters. The fourth-order valence-electron chi connectivity index (χ4n) is 3.86. The van der Waals surface area contributed by atoms with Crippen molar-refractivity contribution in [1.82, 2.24) is 26.3 Å². The van der Waals surface area contributed by atoms with E-state index in [1.54, 1.807) is 20.8 Å². The van der Waals surface area contributed by atoms with Gasteiger partial charge in [-0.2, -0.15) is 0 Å². The van der Waals surface area contributed by atoms with Crippen LogP contribution in [0.5, 0.6) is 0 Å². The van der Waals surface area contributed by atoms with Crippen molar-refractivity contribution in [2.45, 2.75) is 51.6 Å². The number of Topliss-reactive ketones (excluding diaryl/α,β-unsaturated/α-hetero) is 1. The molecule has 10 nitrogen and oxygen atoms in total. The van der Waals surface area contributed by atoms with Gasteiger partial charge in [0.2, 0.25) is 17.6 Å². The van der Waals surface area contributed by atoms with Crippen molar-refractivity contribution < 1.29 is 28.4 Å². The van der Waals surface area contributed by atoms with Gasteiger partial charge in [-0.05, 0) is 64.3 Å². The molecule has 2 aromatic rings. The Kier molecular flexibility index (Phi) is 7.88. The van der Waals surface area contributed by atoms with Gasteiger partial charge in [-0.25, -0.2) is 4.39 Å². The highest BCUT2D eigenvalue weighted by molar-refractivity contribution is 6.38. The molecule has 1 saturated heterocycles. The van der Waals surface area contributed by atoms with Gasteiger partial charge in [0.15, 0.2) is 0 Å². The van der Waals surface area contributed by atoms with Crippen molar-refractivity contribution in [3.05, 3.63) is 35.8 Å². The van der Waals surface area contributed by atoms with E-state index in [1.165, 1.54) is 24.3 Å². The molecule has 0 aliphatic carbocycles. The molecule has 1 aromatic carbocycles. The maximum absolute atomic E-state index is 13.4. The molecule has 1 fully saturated rings. The number of benzene rings is 1. The van der Waals surface area contributed by atoms with Gasteiger partial charge in [-0.15, -0.1) is 0 Å². The van der Waals surface area contributed by atoms with E-state index in [-0.39, 0.29) is 18.0 Å². The van der Waals surface area contributed by atoms with Crippen molar-refractivity contribution in [2.75, 3.05) is 13.1 Å². The van der Waals surface area contributed by atoms with Gasteiger partial charge in [0, 0.05) is 28.9 Å². The standard InChI is InChI=1S/C24H30FN5O5/c1-24(2,3)30-23(35)20(32)17(10-13-5-4-8-26-21(13)33)29-19(31)12-27-22(34)18-11-14-9-15(25)6-7-16(14)28-18/h6-7,9,11,13,17,28H,4-5,8,10,12H2,1-3H3,(H,26,33)(H,27,34)(H,29,31)(H,30,35). The van der Waals surface area contributed by atoms with E-state index in [1.807, 2.05) is 0 Å². The number of carbonyl (C=O) groups is 5. The molecule has 0 radical (unpaired) electrons. The number of amides is 4. The number of rotatable bonds is 8. The molecule has 2 atom stereocenters. The van der Waals surface area contributed by atoms with E-state index in [0.29, 0.717) is 23.9 Å². The minimum atomic E-state index is -1.23. The summed E-state index contributed by atoms with van der Waals surface area (Å²) in [5, 5.41) is 10.7. The fraction of sp³-hybridized carbons (Fsp3) is 0.458. The average Bonchev–Trinajstić information content (AvgIpc) is 3.20. The molecule has 3 rings (SSSR count). The summed E-state index contributed by atoms with van der Waals surface area (Å²) < 4.78 is 13.4. The Hall–Kier alpha value is -3.76. The molecule has 11 heteroatoms. The maximum atomic E-state index is 13.4. The second kappa shape index (κ2) is 10.7. The van der Waals surface area contributed by atoms with Crippen LogP contribution in [-0.4, -0.2) is 59.1 Å². The molecule has 0 saturated carbocycles. The predicted molar refractivity (Wildman–Crippen MR) is 126 cm³/mol. The molecule has 0 bridgehead atoms. The van der Waals surface area contributed by atoms with Crippen molar-refractivity contribution in [3.8, 4) is 0 Å². The van der Waals surface area contributed by atoms with E-state index in [0.717, 1.165) is 6.42 Å². The second-order valence-corrected chi connectivity index (χ2v) is 9.65. The third-order valence-corrected chi connectivity index (χ3v) is 5.52. The number of hydrogen-bond donors (Lipinski definition) is 5. The highest BCUT2D eigenvalue weighted by Crippen LogP contribution is 2.19. The van der Waals surface area contributed by atoms with Crippen LogP contribution in [0.4, 0.5) is 4.39 Å². The Morgan fingerprint density at radius 2 is 1.91 bits per heavy atom. The van der Waals surface area contributed by atoms with Crippen LogP contribution in [0, 0.1) is 11.7 Å². The van der Waals surface area contributed by atoms with Gasteiger partial charge in [0.25, 0.3) is 11.8 Å². The lowest BCUT2D eigenvalue weighted by molar-refractivity contribution is -0.141. The van der Waals surface area contributed by atoms with E-state index < -0.39 is 53.4 Å². The topological polar surface area (TPSA) is 149 Å². The van der Waals surface area contributed by atoms with Crippen LogP contribution in [0.25, 0.3) is 10.9 Å². The highest BCUT2D eigenvalue weighted by atomic mass is 19.1. The minimum Gasteiger partial charge on any atom is -0.356 e. The first kappa shape index (κ1) is 25.9. The summed E-state index contributed by atoms with van der Waals surface area (Å²) in [5.41, 5.74) is 0.0247. The minimum absolute atomic E-state index is 0.0322. The fourth-order valence-corrected chi connectivity index (χ4v) is 3.86. The molecule has 1 aliphatic heterocycles. The predicted octanol–water partition coefficient (Wildman–Crippen LogP) is 0.922.